The molecule has 0 saturated carbocycles. The Balaban J connectivity index is 1.70. The molecular weight excluding hydrogens is 366 g/mol. The number of nitrogens with one attached hydrogen (secondary N) is 1. The summed E-state index contributed by atoms with van der Waals surface area (Å²) in [5.74, 6) is 0.553. The second kappa shape index (κ2) is 7.54. The van der Waals surface area contributed by atoms with Crippen LogP contribution in [0.2, 0.25) is 0 Å². The lowest BCUT2D eigenvalue weighted by Gasteiger charge is -2.15. The normalized spacial score (nSPS) is 12.6. The van der Waals surface area contributed by atoms with Crippen molar-refractivity contribution in [1.29, 1.82) is 0 Å². The maximum atomic E-state index is 13.1. The fourth-order valence-corrected chi connectivity index (χ4v) is 3.42. The van der Waals surface area contributed by atoms with E-state index < -0.39 is 0 Å². The van der Waals surface area contributed by atoms with Gasteiger partial charge in [0.15, 0.2) is 5.69 Å². The summed E-state index contributed by atoms with van der Waals surface area (Å²) in [6.07, 6.45) is 0. The number of hydrogen-bond acceptors (Lipinski definition) is 4. The van der Waals surface area contributed by atoms with Crippen LogP contribution in [0.25, 0.3) is 21.7 Å². The molecule has 0 aliphatic carbocycles. The highest BCUT2D eigenvalue weighted by Gasteiger charge is 2.20. The molecule has 2 aromatic carbocycles. The molecule has 4 aromatic rings. The third-order valence-corrected chi connectivity index (χ3v) is 4.84. The van der Waals surface area contributed by atoms with Crippen LogP contribution in [0.15, 0.2) is 63.8 Å². The van der Waals surface area contributed by atoms with Gasteiger partial charge in [0.05, 0.1) is 11.4 Å². The zero-order valence-electron chi connectivity index (χ0n) is 16.7. The lowest BCUT2D eigenvalue weighted by Crippen LogP contribution is -2.32. The molecule has 29 heavy (non-hydrogen) atoms. The van der Waals surface area contributed by atoms with Gasteiger partial charge in [0.2, 0.25) is 0 Å². The second-order valence-electron chi connectivity index (χ2n) is 7.66. The maximum Gasteiger partial charge on any atom is 0.274 e. The molecule has 2 heterocycles. The van der Waals surface area contributed by atoms with Crippen molar-refractivity contribution in [3.63, 3.8) is 0 Å². The number of amides is 1. The van der Waals surface area contributed by atoms with Crippen molar-refractivity contribution < 1.29 is 9.21 Å². The number of furan rings is 1. The molecule has 1 N–H and O–H groups in total. The minimum Gasteiger partial charge on any atom is -0.459 e. The predicted molar refractivity (Wildman–Crippen MR) is 113 cm³/mol. The Labute approximate surface area is 168 Å². The Morgan fingerprint density at radius 2 is 1.76 bits per heavy atom. The van der Waals surface area contributed by atoms with Crippen molar-refractivity contribution in [3.8, 4) is 0 Å². The van der Waals surface area contributed by atoms with Gasteiger partial charge in [0.1, 0.15) is 11.3 Å². The van der Waals surface area contributed by atoms with Gasteiger partial charge in [0, 0.05) is 17.3 Å². The standard InChI is InChI=1S/C23H23N3O3/c1-14(2)13-26-23(28)18-10-6-5-9-17(18)21(25-26)22(27)24-15(3)20-12-16-8-4-7-11-19(16)29-20/h4-12,14-15H,13H2,1-3H3,(H,24,27)/t15-/m1/s1. The highest BCUT2D eigenvalue weighted by Crippen LogP contribution is 2.24. The molecule has 1 atom stereocenters. The molecule has 0 aliphatic heterocycles. The van der Waals surface area contributed by atoms with Gasteiger partial charge in [-0.05, 0) is 31.0 Å². The van der Waals surface area contributed by atoms with Crippen LogP contribution in [0.3, 0.4) is 0 Å². The highest BCUT2D eigenvalue weighted by molar-refractivity contribution is 6.04. The summed E-state index contributed by atoms with van der Waals surface area (Å²) in [7, 11) is 0. The van der Waals surface area contributed by atoms with E-state index in [0.717, 1.165) is 11.0 Å². The SMILES string of the molecule is CC(C)Cn1nc(C(=O)N[C@H](C)c2cc3ccccc3o2)c2ccccc2c1=O. The van der Waals surface area contributed by atoms with E-state index in [1.54, 1.807) is 24.3 Å². The van der Waals surface area contributed by atoms with E-state index in [1.165, 1.54) is 4.68 Å². The van der Waals surface area contributed by atoms with E-state index >= 15 is 0 Å². The molecule has 6 heteroatoms. The fraction of sp³-hybridized carbons (Fsp3) is 0.261. The number of para-hydroxylation sites is 1. The third-order valence-electron chi connectivity index (χ3n) is 4.84. The summed E-state index contributed by atoms with van der Waals surface area (Å²) in [6, 6.07) is 16.4. The van der Waals surface area contributed by atoms with E-state index in [9.17, 15) is 9.59 Å². The van der Waals surface area contributed by atoms with Crippen LogP contribution < -0.4 is 10.9 Å². The molecule has 0 aliphatic rings. The van der Waals surface area contributed by atoms with Crippen molar-refractivity contribution in [1.82, 2.24) is 15.1 Å². The first-order valence-electron chi connectivity index (χ1n) is 9.73. The van der Waals surface area contributed by atoms with Gasteiger partial charge in [-0.15, -0.1) is 0 Å². The molecule has 6 nitrogen and oxygen atoms in total. The van der Waals surface area contributed by atoms with E-state index in [-0.39, 0.29) is 29.1 Å². The van der Waals surface area contributed by atoms with Crippen LogP contribution in [0.1, 0.15) is 43.1 Å². The molecule has 0 radical (unpaired) electrons. The van der Waals surface area contributed by atoms with E-state index in [1.807, 2.05) is 51.1 Å². The topological polar surface area (TPSA) is 77.1 Å². The van der Waals surface area contributed by atoms with Gasteiger partial charge in [-0.2, -0.15) is 5.10 Å². The number of rotatable bonds is 5. The maximum absolute atomic E-state index is 13.1. The second-order valence-corrected chi connectivity index (χ2v) is 7.66. The first kappa shape index (κ1) is 18.9. The van der Waals surface area contributed by atoms with Crippen molar-refractivity contribution in [3.05, 3.63) is 76.4 Å². The van der Waals surface area contributed by atoms with E-state index in [4.69, 9.17) is 4.42 Å². The minimum absolute atomic E-state index is 0.184. The van der Waals surface area contributed by atoms with Gasteiger partial charge < -0.3 is 9.73 Å². The molecule has 0 bridgehead atoms. The molecule has 0 saturated heterocycles. The monoisotopic (exact) mass is 389 g/mol. The summed E-state index contributed by atoms with van der Waals surface area (Å²) in [5.41, 5.74) is 0.831. The van der Waals surface area contributed by atoms with E-state index in [2.05, 4.69) is 10.4 Å². The summed E-state index contributed by atoms with van der Waals surface area (Å²) in [4.78, 5) is 25.8. The third kappa shape index (κ3) is 3.66. The van der Waals surface area contributed by atoms with Gasteiger partial charge in [-0.25, -0.2) is 4.68 Å². The summed E-state index contributed by atoms with van der Waals surface area (Å²) in [6.45, 7) is 6.32. The molecule has 0 fully saturated rings. The Morgan fingerprint density at radius 3 is 2.48 bits per heavy atom. The summed E-state index contributed by atoms with van der Waals surface area (Å²) in [5, 5.41) is 9.37. The van der Waals surface area contributed by atoms with Crippen LogP contribution in [-0.2, 0) is 6.54 Å². The Kier molecular flexibility index (Phi) is 4.92. The quantitative estimate of drug-likeness (QED) is 0.552. The molecule has 2 aromatic heterocycles. The highest BCUT2D eigenvalue weighted by atomic mass is 16.3. The number of fused-ring (bicyclic) bond motifs is 2. The van der Waals surface area contributed by atoms with Crippen molar-refractivity contribution in [2.45, 2.75) is 33.4 Å². The number of nitrogens with zero attached hydrogens (tertiary/aromatic N) is 2. The Bertz CT molecular complexity index is 1220. The smallest absolute Gasteiger partial charge is 0.274 e. The van der Waals surface area contributed by atoms with Gasteiger partial charge in [0.25, 0.3) is 11.5 Å². The average molecular weight is 389 g/mol. The molecule has 0 unspecified atom stereocenters. The lowest BCUT2D eigenvalue weighted by atomic mass is 10.1. The first-order valence-corrected chi connectivity index (χ1v) is 9.73. The minimum atomic E-state index is -0.346. The zero-order valence-corrected chi connectivity index (χ0v) is 16.7. The lowest BCUT2D eigenvalue weighted by molar-refractivity contribution is 0.0930. The largest absolute Gasteiger partial charge is 0.459 e. The van der Waals surface area contributed by atoms with Crippen molar-refractivity contribution in [2.24, 2.45) is 5.92 Å². The number of carbonyl (C=O) groups excluding carboxylic acids is 1. The fourth-order valence-electron chi connectivity index (χ4n) is 3.42. The number of aromatic nitrogens is 2. The van der Waals surface area contributed by atoms with Crippen LogP contribution in [-0.4, -0.2) is 15.7 Å². The molecule has 1 amide bonds. The summed E-state index contributed by atoms with van der Waals surface area (Å²) >= 11 is 0. The first-order chi connectivity index (χ1) is 13.9. The molecule has 0 spiro atoms. The zero-order chi connectivity index (χ0) is 20.5. The van der Waals surface area contributed by atoms with Crippen molar-refractivity contribution in [2.75, 3.05) is 0 Å². The van der Waals surface area contributed by atoms with Crippen molar-refractivity contribution >= 4 is 27.6 Å². The average Bonchev–Trinajstić information content (AvgIpc) is 3.14. The van der Waals surface area contributed by atoms with Crippen LogP contribution >= 0.6 is 0 Å². The molecule has 148 valence electrons. The number of hydrogen-bond donors (Lipinski definition) is 1. The Hall–Kier alpha value is -3.41. The number of benzene rings is 2. The van der Waals surface area contributed by atoms with Gasteiger partial charge >= 0.3 is 0 Å². The van der Waals surface area contributed by atoms with Crippen LogP contribution in [0.5, 0.6) is 0 Å². The van der Waals surface area contributed by atoms with Gasteiger partial charge in [-0.3, -0.25) is 9.59 Å². The molecule has 4 rings (SSSR count). The Morgan fingerprint density at radius 1 is 1.07 bits per heavy atom. The van der Waals surface area contributed by atoms with Gasteiger partial charge in [-0.1, -0.05) is 50.2 Å². The molecular formula is C23H23N3O3. The van der Waals surface area contributed by atoms with E-state index in [0.29, 0.717) is 23.1 Å². The van der Waals surface area contributed by atoms with Crippen LogP contribution in [0.4, 0.5) is 0 Å². The summed E-state index contributed by atoms with van der Waals surface area (Å²) < 4.78 is 7.24. The number of carbonyl (C=O) groups is 1. The predicted octanol–water partition coefficient (Wildman–Crippen LogP) is 4.29. The van der Waals surface area contributed by atoms with Crippen LogP contribution in [0, 0.1) is 5.92 Å².